The second-order valence-corrected chi connectivity index (χ2v) is 8.64. The van der Waals surface area contributed by atoms with Crippen LogP contribution in [-0.4, -0.2) is 26.3 Å². The molecule has 5 nitrogen and oxygen atoms in total. The molecule has 0 radical (unpaired) electrons. The smallest absolute Gasteiger partial charge is 0.221 e. The summed E-state index contributed by atoms with van der Waals surface area (Å²) in [7, 11) is -3.60. The molecule has 0 unspecified atom stereocenters. The van der Waals surface area contributed by atoms with E-state index in [1.54, 1.807) is 12.1 Å². The van der Waals surface area contributed by atoms with Gasteiger partial charge in [-0.2, -0.15) is 0 Å². The van der Waals surface area contributed by atoms with E-state index in [1.165, 1.54) is 0 Å². The SMILES string of the molecule is Cc1ccc(S(=O)(=O)[C@@H]2CCC(=O)N2)c(CCOCc2ccccc2)c1. The van der Waals surface area contributed by atoms with Crippen LogP contribution in [0.4, 0.5) is 0 Å². The van der Waals surface area contributed by atoms with E-state index in [0.717, 1.165) is 16.7 Å². The molecule has 1 fully saturated rings. The number of ether oxygens (including phenoxy) is 1. The highest BCUT2D eigenvalue weighted by Crippen LogP contribution is 2.26. The molecule has 138 valence electrons. The molecule has 6 heteroatoms. The molecular formula is C20H23NO4S. The van der Waals surface area contributed by atoms with Gasteiger partial charge in [0.2, 0.25) is 5.91 Å². The molecule has 1 heterocycles. The first kappa shape index (κ1) is 18.6. The number of rotatable bonds is 7. The zero-order chi connectivity index (χ0) is 18.6. The van der Waals surface area contributed by atoms with Gasteiger partial charge >= 0.3 is 0 Å². The van der Waals surface area contributed by atoms with Crippen molar-refractivity contribution in [3.63, 3.8) is 0 Å². The lowest BCUT2D eigenvalue weighted by Gasteiger charge is -2.16. The summed E-state index contributed by atoms with van der Waals surface area (Å²) in [4.78, 5) is 11.7. The van der Waals surface area contributed by atoms with Gasteiger partial charge in [-0.05, 0) is 37.0 Å². The van der Waals surface area contributed by atoms with Gasteiger partial charge in [-0.15, -0.1) is 0 Å². The topological polar surface area (TPSA) is 72.5 Å². The fourth-order valence-corrected chi connectivity index (χ4v) is 4.91. The van der Waals surface area contributed by atoms with Crippen molar-refractivity contribution in [1.29, 1.82) is 0 Å². The Morgan fingerprint density at radius 1 is 1.15 bits per heavy atom. The van der Waals surface area contributed by atoms with Crippen LogP contribution in [-0.2, 0) is 32.4 Å². The van der Waals surface area contributed by atoms with Gasteiger partial charge in [-0.25, -0.2) is 8.42 Å². The Morgan fingerprint density at radius 2 is 1.92 bits per heavy atom. The molecule has 1 atom stereocenters. The standard InChI is InChI=1S/C20H23NO4S/c1-15-7-8-18(26(23,24)20-10-9-19(22)21-20)17(13-15)11-12-25-14-16-5-3-2-4-6-16/h2-8,13,20H,9-12,14H2,1H3,(H,21,22)/t20-/m1/s1. The van der Waals surface area contributed by atoms with Crippen molar-refractivity contribution in [1.82, 2.24) is 5.32 Å². The lowest BCUT2D eigenvalue weighted by Crippen LogP contribution is -2.33. The first-order chi connectivity index (χ1) is 12.5. The predicted molar refractivity (Wildman–Crippen MR) is 99.3 cm³/mol. The molecule has 0 saturated carbocycles. The number of hydrogen-bond donors (Lipinski definition) is 1. The number of hydrogen-bond acceptors (Lipinski definition) is 4. The van der Waals surface area contributed by atoms with Gasteiger partial charge < -0.3 is 10.1 Å². The summed E-state index contributed by atoms with van der Waals surface area (Å²) in [6.45, 7) is 2.85. The molecule has 1 aliphatic heterocycles. The highest BCUT2D eigenvalue weighted by molar-refractivity contribution is 7.92. The lowest BCUT2D eigenvalue weighted by atomic mass is 10.1. The number of carbonyl (C=O) groups is 1. The van der Waals surface area contributed by atoms with Crippen LogP contribution in [0, 0.1) is 6.92 Å². The number of benzene rings is 2. The fraction of sp³-hybridized carbons (Fsp3) is 0.350. The Balaban J connectivity index is 1.71. The third kappa shape index (κ3) is 4.31. The minimum atomic E-state index is -3.60. The average molecular weight is 373 g/mol. The van der Waals surface area contributed by atoms with Crippen molar-refractivity contribution in [2.24, 2.45) is 0 Å². The first-order valence-electron chi connectivity index (χ1n) is 8.71. The minimum Gasteiger partial charge on any atom is -0.376 e. The van der Waals surface area contributed by atoms with E-state index in [1.807, 2.05) is 43.3 Å². The number of amides is 1. The predicted octanol–water partition coefficient (Wildman–Crippen LogP) is 2.76. The van der Waals surface area contributed by atoms with E-state index in [-0.39, 0.29) is 12.3 Å². The van der Waals surface area contributed by atoms with Crippen molar-refractivity contribution in [3.05, 3.63) is 65.2 Å². The van der Waals surface area contributed by atoms with E-state index in [9.17, 15) is 13.2 Å². The number of carbonyl (C=O) groups excluding carboxylic acids is 1. The molecule has 2 aromatic carbocycles. The Morgan fingerprint density at radius 3 is 2.62 bits per heavy atom. The molecule has 1 amide bonds. The molecule has 0 aromatic heterocycles. The molecule has 1 N–H and O–H groups in total. The Kier molecular flexibility index (Phi) is 5.74. The Labute approximate surface area is 154 Å². The van der Waals surface area contributed by atoms with Crippen molar-refractivity contribution in [3.8, 4) is 0 Å². The van der Waals surface area contributed by atoms with E-state index >= 15 is 0 Å². The summed E-state index contributed by atoms with van der Waals surface area (Å²) >= 11 is 0. The van der Waals surface area contributed by atoms with Crippen molar-refractivity contribution in [2.45, 2.75) is 43.1 Å². The molecule has 2 aromatic rings. The Bertz CT molecular complexity index is 878. The van der Waals surface area contributed by atoms with E-state index < -0.39 is 15.2 Å². The van der Waals surface area contributed by atoms with Crippen molar-refractivity contribution >= 4 is 15.7 Å². The van der Waals surface area contributed by atoms with Gasteiger partial charge in [0.05, 0.1) is 18.1 Å². The second-order valence-electron chi connectivity index (χ2n) is 6.54. The maximum atomic E-state index is 12.9. The van der Waals surface area contributed by atoms with Crippen molar-refractivity contribution in [2.75, 3.05) is 6.61 Å². The second kappa shape index (κ2) is 8.01. The molecule has 1 aliphatic rings. The molecule has 1 saturated heterocycles. The van der Waals surface area contributed by atoms with Crippen LogP contribution in [0.1, 0.15) is 29.5 Å². The number of nitrogens with one attached hydrogen (secondary N) is 1. The Hall–Kier alpha value is -2.18. The van der Waals surface area contributed by atoms with Crippen LogP contribution in [0.2, 0.25) is 0 Å². The molecule has 0 aliphatic carbocycles. The number of sulfone groups is 1. The summed E-state index contributed by atoms with van der Waals surface area (Å²) < 4.78 is 31.5. The quantitative estimate of drug-likeness (QED) is 0.758. The summed E-state index contributed by atoms with van der Waals surface area (Å²) in [6, 6.07) is 15.2. The van der Waals surface area contributed by atoms with Crippen LogP contribution in [0.5, 0.6) is 0 Å². The lowest BCUT2D eigenvalue weighted by molar-refractivity contribution is -0.119. The fourth-order valence-electron chi connectivity index (χ4n) is 3.10. The molecule has 26 heavy (non-hydrogen) atoms. The van der Waals surface area contributed by atoms with Gasteiger partial charge in [0, 0.05) is 6.42 Å². The van der Waals surface area contributed by atoms with E-state index in [2.05, 4.69) is 5.32 Å². The monoisotopic (exact) mass is 373 g/mol. The van der Waals surface area contributed by atoms with Gasteiger partial charge in [0.1, 0.15) is 5.37 Å². The molecule has 3 rings (SSSR count). The van der Waals surface area contributed by atoms with Crippen LogP contribution < -0.4 is 5.32 Å². The zero-order valence-corrected chi connectivity index (χ0v) is 15.6. The third-order valence-electron chi connectivity index (χ3n) is 4.48. The molecule has 0 spiro atoms. The summed E-state index contributed by atoms with van der Waals surface area (Å²) in [5.74, 6) is -0.210. The van der Waals surface area contributed by atoms with Gasteiger partial charge in [-0.1, -0.05) is 48.0 Å². The summed E-state index contributed by atoms with van der Waals surface area (Å²) in [5.41, 5.74) is 2.81. The molecular weight excluding hydrogens is 350 g/mol. The van der Waals surface area contributed by atoms with Gasteiger partial charge in [0.15, 0.2) is 9.84 Å². The summed E-state index contributed by atoms with van der Waals surface area (Å²) in [6.07, 6.45) is 1.08. The summed E-state index contributed by atoms with van der Waals surface area (Å²) in [5, 5.41) is 1.73. The van der Waals surface area contributed by atoms with Crippen LogP contribution in [0.15, 0.2) is 53.4 Å². The van der Waals surface area contributed by atoms with Crippen molar-refractivity contribution < 1.29 is 17.9 Å². The highest BCUT2D eigenvalue weighted by atomic mass is 32.2. The number of aryl methyl sites for hydroxylation is 1. The maximum absolute atomic E-state index is 12.9. The third-order valence-corrected chi connectivity index (χ3v) is 6.59. The van der Waals surface area contributed by atoms with Gasteiger partial charge in [0.25, 0.3) is 0 Å². The first-order valence-corrected chi connectivity index (χ1v) is 10.3. The highest BCUT2D eigenvalue weighted by Gasteiger charge is 2.34. The normalized spacial score (nSPS) is 17.3. The largest absolute Gasteiger partial charge is 0.376 e. The van der Waals surface area contributed by atoms with E-state index in [0.29, 0.717) is 31.0 Å². The van der Waals surface area contributed by atoms with E-state index in [4.69, 9.17) is 4.74 Å². The van der Waals surface area contributed by atoms with Crippen LogP contribution >= 0.6 is 0 Å². The molecule has 0 bridgehead atoms. The average Bonchev–Trinajstić information content (AvgIpc) is 3.07. The zero-order valence-electron chi connectivity index (χ0n) is 14.8. The minimum absolute atomic E-state index is 0.210. The maximum Gasteiger partial charge on any atom is 0.221 e. The van der Waals surface area contributed by atoms with Crippen LogP contribution in [0.3, 0.4) is 0 Å². The van der Waals surface area contributed by atoms with Gasteiger partial charge in [-0.3, -0.25) is 4.79 Å². The van der Waals surface area contributed by atoms with Crippen LogP contribution in [0.25, 0.3) is 0 Å².